The predicted molar refractivity (Wildman–Crippen MR) is 74.4 cm³/mol. The highest BCUT2D eigenvalue weighted by molar-refractivity contribution is 5.91. The lowest BCUT2D eigenvalue weighted by Crippen LogP contribution is -2.11. The summed E-state index contributed by atoms with van der Waals surface area (Å²) in [5.41, 5.74) is -3.26. The molecule has 9 heteroatoms. The molecule has 0 bridgehead atoms. The van der Waals surface area contributed by atoms with E-state index in [0.717, 1.165) is 0 Å². The van der Waals surface area contributed by atoms with E-state index in [1.54, 1.807) is 0 Å². The highest BCUT2D eigenvalue weighted by Gasteiger charge is 2.37. The van der Waals surface area contributed by atoms with E-state index in [1.807, 2.05) is 0 Å². The molecule has 3 nitrogen and oxygen atoms in total. The first-order valence-corrected chi connectivity index (χ1v) is 6.56. The van der Waals surface area contributed by atoms with E-state index < -0.39 is 29.2 Å². The average Bonchev–Trinajstić information content (AvgIpc) is 2.84. The molecule has 0 spiro atoms. The number of benzene rings is 2. The fraction of sp³-hybridized carbons (Fsp3) is 0.133. The number of aromatic nitrogens is 2. The van der Waals surface area contributed by atoms with Gasteiger partial charge in [-0.05, 0) is 29.8 Å². The molecule has 3 rings (SSSR count). The molecule has 1 heterocycles. The molecule has 0 saturated carbocycles. The van der Waals surface area contributed by atoms with Crippen molar-refractivity contribution >= 4 is 11.0 Å². The second-order valence-corrected chi connectivity index (χ2v) is 5.10. The molecule has 0 fully saturated rings. The van der Waals surface area contributed by atoms with Crippen molar-refractivity contribution in [2.24, 2.45) is 0 Å². The molecule has 2 aromatic carbocycles. The van der Waals surface area contributed by atoms with Gasteiger partial charge in [0.25, 0.3) is 0 Å². The lowest BCUT2D eigenvalue weighted by molar-refractivity contribution is -0.143. The van der Waals surface area contributed by atoms with Gasteiger partial charge in [0.15, 0.2) is 0 Å². The van der Waals surface area contributed by atoms with E-state index in [2.05, 4.69) is 9.97 Å². The number of hydrogen-bond donors (Lipinski definition) is 2. The van der Waals surface area contributed by atoms with Crippen LogP contribution < -0.4 is 5.69 Å². The zero-order valence-electron chi connectivity index (χ0n) is 11.6. The van der Waals surface area contributed by atoms with Gasteiger partial charge in [-0.15, -0.1) is 0 Å². The first-order valence-electron chi connectivity index (χ1n) is 6.56. The summed E-state index contributed by atoms with van der Waals surface area (Å²) < 4.78 is 77.6. The first kappa shape index (κ1) is 16.2. The summed E-state index contributed by atoms with van der Waals surface area (Å²) in [6.07, 6.45) is -9.87. The normalized spacial score (nSPS) is 12.8. The minimum atomic E-state index is -4.94. The van der Waals surface area contributed by atoms with Crippen LogP contribution in [0.1, 0.15) is 11.1 Å². The van der Waals surface area contributed by atoms with Crippen molar-refractivity contribution in [2.45, 2.75) is 12.4 Å². The lowest BCUT2D eigenvalue weighted by atomic mass is 9.98. The van der Waals surface area contributed by atoms with E-state index >= 15 is 0 Å². The Labute approximate surface area is 129 Å². The number of aromatic amines is 2. The molecular formula is C15H8F6N2O. The van der Waals surface area contributed by atoms with E-state index in [9.17, 15) is 31.1 Å². The number of hydrogen-bond acceptors (Lipinski definition) is 1. The van der Waals surface area contributed by atoms with Crippen molar-refractivity contribution in [1.82, 2.24) is 9.97 Å². The maximum Gasteiger partial charge on any atom is 0.416 e. The second-order valence-electron chi connectivity index (χ2n) is 5.10. The molecule has 126 valence electrons. The number of nitrogens with one attached hydrogen (secondary N) is 2. The molecule has 0 unspecified atom stereocenters. The Bertz CT molecular complexity index is 932. The maximum absolute atomic E-state index is 12.9. The van der Waals surface area contributed by atoms with Crippen LogP contribution in [0.2, 0.25) is 0 Å². The van der Waals surface area contributed by atoms with Crippen LogP contribution in [0.4, 0.5) is 26.3 Å². The highest BCUT2D eigenvalue weighted by atomic mass is 19.4. The SMILES string of the molecule is O=c1[nH]c2cccc(-c3cc(C(F)(F)F)cc(C(F)(F)F)c3)c2[nH]1. The largest absolute Gasteiger partial charge is 0.416 e. The monoisotopic (exact) mass is 346 g/mol. The zero-order valence-corrected chi connectivity index (χ0v) is 11.6. The third-order valence-corrected chi connectivity index (χ3v) is 3.45. The lowest BCUT2D eigenvalue weighted by Gasteiger charge is -2.14. The van der Waals surface area contributed by atoms with Crippen molar-refractivity contribution in [1.29, 1.82) is 0 Å². The fourth-order valence-corrected chi connectivity index (χ4v) is 2.41. The van der Waals surface area contributed by atoms with Crippen LogP contribution in [-0.2, 0) is 12.4 Å². The molecule has 0 atom stereocenters. The predicted octanol–water partition coefficient (Wildman–Crippen LogP) is 4.56. The van der Waals surface area contributed by atoms with E-state index in [0.29, 0.717) is 12.1 Å². The Kier molecular flexibility index (Phi) is 3.47. The number of fused-ring (bicyclic) bond motifs is 1. The zero-order chi connectivity index (χ0) is 17.7. The van der Waals surface area contributed by atoms with E-state index in [1.165, 1.54) is 18.2 Å². The maximum atomic E-state index is 12.9. The van der Waals surface area contributed by atoms with Gasteiger partial charge in [-0.25, -0.2) is 4.79 Å². The molecule has 0 aliphatic rings. The van der Waals surface area contributed by atoms with Crippen molar-refractivity contribution in [3.05, 3.63) is 58.0 Å². The van der Waals surface area contributed by atoms with Gasteiger partial charge < -0.3 is 9.97 Å². The second kappa shape index (κ2) is 5.15. The van der Waals surface area contributed by atoms with Crippen LogP contribution in [-0.4, -0.2) is 9.97 Å². The standard InChI is InChI=1S/C15H8F6N2O/c16-14(17,18)8-4-7(5-9(6-8)15(19,20)21)10-2-1-3-11-12(10)23-13(24)22-11/h1-6H,(H2,22,23,24). The molecule has 0 radical (unpaired) electrons. The van der Waals surface area contributed by atoms with Gasteiger partial charge in [0.2, 0.25) is 0 Å². The number of imidazole rings is 1. The summed E-state index contributed by atoms with van der Waals surface area (Å²) in [5.74, 6) is 0. The third-order valence-electron chi connectivity index (χ3n) is 3.45. The van der Waals surface area contributed by atoms with Crippen molar-refractivity contribution in [3.8, 4) is 11.1 Å². The number of para-hydroxylation sites is 1. The summed E-state index contributed by atoms with van der Waals surface area (Å²) >= 11 is 0. The van der Waals surface area contributed by atoms with Crippen molar-refractivity contribution < 1.29 is 26.3 Å². The highest BCUT2D eigenvalue weighted by Crippen LogP contribution is 2.39. The number of H-pyrrole nitrogens is 2. The van der Waals surface area contributed by atoms with Crippen LogP contribution in [0.3, 0.4) is 0 Å². The van der Waals surface area contributed by atoms with Gasteiger partial charge in [0, 0.05) is 5.56 Å². The van der Waals surface area contributed by atoms with E-state index in [4.69, 9.17) is 0 Å². The minimum Gasteiger partial charge on any atom is -0.306 e. The van der Waals surface area contributed by atoms with Crippen LogP contribution in [0.5, 0.6) is 0 Å². The number of rotatable bonds is 1. The summed E-state index contributed by atoms with van der Waals surface area (Å²) in [6, 6.07) is 5.54. The van der Waals surface area contributed by atoms with Gasteiger partial charge in [-0.2, -0.15) is 26.3 Å². The summed E-state index contributed by atoms with van der Waals surface area (Å²) in [5, 5.41) is 0. The van der Waals surface area contributed by atoms with Gasteiger partial charge in [-0.1, -0.05) is 12.1 Å². The Morgan fingerprint density at radius 2 is 1.38 bits per heavy atom. The smallest absolute Gasteiger partial charge is 0.306 e. The topological polar surface area (TPSA) is 48.6 Å². The van der Waals surface area contributed by atoms with E-state index in [-0.39, 0.29) is 28.2 Å². The number of alkyl halides is 6. The van der Waals surface area contributed by atoms with Gasteiger partial charge in [-0.3, -0.25) is 0 Å². The molecule has 1 aromatic heterocycles. The van der Waals surface area contributed by atoms with Crippen molar-refractivity contribution in [2.75, 3.05) is 0 Å². The Hall–Kier alpha value is -2.71. The summed E-state index contributed by atoms with van der Waals surface area (Å²) in [7, 11) is 0. The van der Waals surface area contributed by atoms with Gasteiger partial charge in [0.05, 0.1) is 22.2 Å². The molecule has 2 N–H and O–H groups in total. The molecule has 0 amide bonds. The van der Waals surface area contributed by atoms with Crippen LogP contribution in [0, 0.1) is 0 Å². The summed E-state index contributed by atoms with van der Waals surface area (Å²) in [6.45, 7) is 0. The average molecular weight is 346 g/mol. The summed E-state index contributed by atoms with van der Waals surface area (Å²) in [4.78, 5) is 16.1. The van der Waals surface area contributed by atoms with Crippen LogP contribution in [0.15, 0.2) is 41.2 Å². The fourth-order valence-electron chi connectivity index (χ4n) is 2.41. The molecule has 0 saturated heterocycles. The van der Waals surface area contributed by atoms with Crippen molar-refractivity contribution in [3.63, 3.8) is 0 Å². The molecule has 24 heavy (non-hydrogen) atoms. The van der Waals surface area contributed by atoms with Gasteiger partial charge in [0.1, 0.15) is 0 Å². The third kappa shape index (κ3) is 2.89. The quantitative estimate of drug-likeness (QED) is 0.624. The molecule has 0 aliphatic carbocycles. The molecule has 0 aliphatic heterocycles. The molecular weight excluding hydrogens is 338 g/mol. The van der Waals surface area contributed by atoms with Gasteiger partial charge >= 0.3 is 18.0 Å². The molecule has 3 aromatic rings. The Balaban J connectivity index is 2.32. The Morgan fingerprint density at radius 1 is 0.792 bits per heavy atom. The van der Waals surface area contributed by atoms with Crippen LogP contribution >= 0.6 is 0 Å². The Morgan fingerprint density at radius 3 is 1.92 bits per heavy atom. The minimum absolute atomic E-state index is 0.0578. The van der Waals surface area contributed by atoms with Crippen LogP contribution in [0.25, 0.3) is 22.2 Å². The first-order chi connectivity index (χ1) is 11.1. The number of halogens is 6.